The van der Waals surface area contributed by atoms with Crippen molar-refractivity contribution in [3.8, 4) is 0 Å². The predicted octanol–water partition coefficient (Wildman–Crippen LogP) is 0.688. The van der Waals surface area contributed by atoms with Gasteiger partial charge in [0.2, 0.25) is 17.7 Å². The Balaban J connectivity index is 2.09. The maximum atomic E-state index is 12.3. The highest BCUT2D eigenvalue weighted by Crippen LogP contribution is 2.16. The number of alkyl halides is 1. The molecule has 1 aromatic rings. The van der Waals surface area contributed by atoms with Crippen molar-refractivity contribution in [1.29, 1.82) is 0 Å². The van der Waals surface area contributed by atoms with Crippen LogP contribution in [0.3, 0.4) is 0 Å². The first-order valence-corrected chi connectivity index (χ1v) is 7.59. The van der Waals surface area contributed by atoms with Crippen LogP contribution in [0, 0.1) is 0 Å². The lowest BCUT2D eigenvalue weighted by Crippen LogP contribution is -2.59. The van der Waals surface area contributed by atoms with Crippen LogP contribution in [0.1, 0.15) is 24.0 Å². The van der Waals surface area contributed by atoms with Crippen LogP contribution in [-0.4, -0.2) is 40.2 Å². The molecular weight excluding hydrogens is 302 g/mol. The minimum absolute atomic E-state index is 0.0820. The zero-order chi connectivity index (χ0) is 14.7. The summed E-state index contributed by atoms with van der Waals surface area (Å²) in [5, 5.41) is 4.67. The topological polar surface area (TPSA) is 79.4 Å². The number of nitrogens with one attached hydrogen (secondary N) is 1. The summed E-state index contributed by atoms with van der Waals surface area (Å²) in [6.45, 7) is 1.71. The van der Waals surface area contributed by atoms with Gasteiger partial charge in [-0.15, -0.1) is 22.9 Å². The van der Waals surface area contributed by atoms with Gasteiger partial charge in [0, 0.05) is 5.38 Å². The first kappa shape index (κ1) is 14.9. The smallest absolute Gasteiger partial charge is 0.249 e. The number of carbonyl (C=O) groups excluding carboxylic acids is 3. The largest absolute Gasteiger partial charge is 0.321 e. The van der Waals surface area contributed by atoms with E-state index in [0.717, 1.165) is 5.69 Å². The Morgan fingerprint density at radius 2 is 2.35 bits per heavy atom. The molecule has 2 rings (SSSR count). The number of halogens is 1. The van der Waals surface area contributed by atoms with Crippen molar-refractivity contribution in [1.82, 2.24) is 15.2 Å². The van der Waals surface area contributed by atoms with Crippen molar-refractivity contribution in [3.63, 3.8) is 0 Å². The number of amides is 3. The molecule has 1 aliphatic heterocycles. The van der Waals surface area contributed by atoms with E-state index in [1.165, 1.54) is 16.2 Å². The third-order valence-corrected chi connectivity index (χ3v) is 4.17. The van der Waals surface area contributed by atoms with Crippen LogP contribution in [0.15, 0.2) is 5.38 Å². The van der Waals surface area contributed by atoms with Gasteiger partial charge in [-0.25, -0.2) is 4.98 Å². The highest BCUT2D eigenvalue weighted by molar-refractivity contribution is 7.09. The summed E-state index contributed by atoms with van der Waals surface area (Å²) in [5.41, 5.74) is 0.721. The first-order valence-electron chi connectivity index (χ1n) is 6.17. The summed E-state index contributed by atoms with van der Waals surface area (Å²) in [6.07, 6.45) is 0.550. The van der Waals surface area contributed by atoms with E-state index in [1.54, 1.807) is 12.3 Å². The molecule has 0 aromatic carbocycles. The molecule has 1 aliphatic rings. The van der Waals surface area contributed by atoms with Gasteiger partial charge in [0.05, 0.1) is 18.0 Å². The van der Waals surface area contributed by atoms with Gasteiger partial charge in [-0.1, -0.05) is 6.92 Å². The highest BCUT2D eigenvalue weighted by Gasteiger charge is 2.35. The molecule has 6 nitrogen and oxygen atoms in total. The molecule has 1 atom stereocenters. The Bertz CT molecular complexity index is 546. The average molecular weight is 316 g/mol. The van der Waals surface area contributed by atoms with Crippen LogP contribution in [0.4, 0.5) is 0 Å². The molecule has 1 saturated heterocycles. The summed E-state index contributed by atoms with van der Waals surface area (Å²) in [6, 6.07) is -0.590. The van der Waals surface area contributed by atoms with Crippen molar-refractivity contribution in [2.45, 2.75) is 31.7 Å². The number of piperazine rings is 1. The molecule has 2 heterocycles. The zero-order valence-electron chi connectivity index (χ0n) is 10.9. The van der Waals surface area contributed by atoms with Gasteiger partial charge in [0.25, 0.3) is 0 Å². The Morgan fingerprint density at radius 1 is 1.60 bits per heavy atom. The third-order valence-electron chi connectivity index (χ3n) is 3.00. The third kappa shape index (κ3) is 3.16. The number of aromatic nitrogens is 1. The maximum Gasteiger partial charge on any atom is 0.249 e. The van der Waals surface area contributed by atoms with Crippen LogP contribution in [0.5, 0.6) is 0 Å². The Kier molecular flexibility index (Phi) is 4.72. The molecule has 1 fully saturated rings. The molecule has 1 N–H and O–H groups in total. The van der Waals surface area contributed by atoms with Gasteiger partial charge in [0.1, 0.15) is 17.6 Å². The fourth-order valence-corrected chi connectivity index (χ4v) is 3.07. The molecule has 0 aliphatic carbocycles. The van der Waals surface area contributed by atoms with Crippen LogP contribution in [-0.2, 0) is 26.7 Å². The number of hydrogen-bond acceptors (Lipinski definition) is 5. The molecule has 0 saturated carbocycles. The van der Waals surface area contributed by atoms with E-state index in [0.29, 0.717) is 17.3 Å². The quantitative estimate of drug-likeness (QED) is 0.655. The molecule has 0 spiro atoms. The monoisotopic (exact) mass is 315 g/mol. The molecule has 1 unspecified atom stereocenters. The Labute approximate surface area is 125 Å². The van der Waals surface area contributed by atoms with Crippen LogP contribution >= 0.6 is 22.9 Å². The standard InChI is InChI=1S/C12H14ClN3O3S/c1-2-8-12(19)15-9(17)5-16(8)11(18)3-10-14-7(4-13)6-20-10/h6,8H,2-5H2,1H3,(H,15,17,19). The second-order valence-corrected chi connectivity index (χ2v) is 5.61. The molecule has 20 heavy (non-hydrogen) atoms. The van der Waals surface area contributed by atoms with Gasteiger partial charge in [-0.3, -0.25) is 19.7 Å². The fourth-order valence-electron chi connectivity index (χ4n) is 2.06. The zero-order valence-corrected chi connectivity index (χ0v) is 12.5. The molecule has 1 aromatic heterocycles. The number of hydrogen-bond donors (Lipinski definition) is 1. The highest BCUT2D eigenvalue weighted by atomic mass is 35.5. The first-order chi connectivity index (χ1) is 9.55. The van der Waals surface area contributed by atoms with E-state index in [4.69, 9.17) is 11.6 Å². The number of rotatable bonds is 4. The number of nitrogens with zero attached hydrogens (tertiary/aromatic N) is 2. The lowest BCUT2D eigenvalue weighted by molar-refractivity contribution is -0.149. The number of imide groups is 1. The van der Waals surface area contributed by atoms with Crippen molar-refractivity contribution in [2.24, 2.45) is 0 Å². The summed E-state index contributed by atoms with van der Waals surface area (Å²) >= 11 is 7.01. The predicted molar refractivity (Wildman–Crippen MR) is 74.3 cm³/mol. The minimum Gasteiger partial charge on any atom is -0.321 e. The van der Waals surface area contributed by atoms with E-state index in [1.807, 2.05) is 0 Å². The normalized spacial score (nSPS) is 19.1. The van der Waals surface area contributed by atoms with Crippen molar-refractivity contribution < 1.29 is 14.4 Å². The van der Waals surface area contributed by atoms with E-state index < -0.39 is 17.9 Å². The lowest BCUT2D eigenvalue weighted by atomic mass is 10.1. The SMILES string of the molecule is CCC1C(=O)NC(=O)CN1C(=O)Cc1nc(CCl)cs1. The van der Waals surface area contributed by atoms with E-state index in [-0.39, 0.29) is 18.9 Å². The van der Waals surface area contributed by atoms with Crippen molar-refractivity contribution in [2.75, 3.05) is 6.54 Å². The van der Waals surface area contributed by atoms with Crippen molar-refractivity contribution >= 4 is 40.7 Å². The Hall–Kier alpha value is -1.47. The molecule has 108 valence electrons. The summed E-state index contributed by atoms with van der Waals surface area (Å²) in [5.74, 6) is -0.839. The van der Waals surface area contributed by atoms with Crippen LogP contribution in [0.25, 0.3) is 0 Å². The van der Waals surface area contributed by atoms with Crippen LogP contribution < -0.4 is 5.32 Å². The number of thiazole rings is 1. The van der Waals surface area contributed by atoms with E-state index in [9.17, 15) is 14.4 Å². The summed E-state index contributed by atoms with van der Waals surface area (Å²) in [4.78, 5) is 40.9. The minimum atomic E-state index is -0.590. The fraction of sp³-hybridized carbons (Fsp3) is 0.500. The molecule has 3 amide bonds. The Morgan fingerprint density at radius 3 is 2.95 bits per heavy atom. The molecule has 0 radical (unpaired) electrons. The summed E-state index contributed by atoms with van der Waals surface area (Å²) in [7, 11) is 0. The van der Waals surface area contributed by atoms with Gasteiger partial charge < -0.3 is 4.90 Å². The van der Waals surface area contributed by atoms with Crippen molar-refractivity contribution in [3.05, 3.63) is 16.1 Å². The van der Waals surface area contributed by atoms with Gasteiger partial charge in [0.15, 0.2) is 0 Å². The molecular formula is C12H14ClN3O3S. The van der Waals surface area contributed by atoms with Crippen LogP contribution in [0.2, 0.25) is 0 Å². The lowest BCUT2D eigenvalue weighted by Gasteiger charge is -2.33. The molecule has 0 bridgehead atoms. The van der Waals surface area contributed by atoms with Gasteiger partial charge >= 0.3 is 0 Å². The summed E-state index contributed by atoms with van der Waals surface area (Å²) < 4.78 is 0. The number of carbonyl (C=O) groups is 3. The van der Waals surface area contributed by atoms with Gasteiger partial charge in [-0.05, 0) is 6.42 Å². The molecule has 8 heteroatoms. The maximum absolute atomic E-state index is 12.3. The van der Waals surface area contributed by atoms with E-state index >= 15 is 0 Å². The van der Waals surface area contributed by atoms with Gasteiger partial charge in [-0.2, -0.15) is 0 Å². The van der Waals surface area contributed by atoms with E-state index in [2.05, 4.69) is 10.3 Å². The second-order valence-electron chi connectivity index (χ2n) is 4.40. The second kappa shape index (κ2) is 6.32. The average Bonchev–Trinajstić information content (AvgIpc) is 2.85.